The van der Waals surface area contributed by atoms with Crippen LogP contribution in [0.3, 0.4) is 0 Å². The van der Waals surface area contributed by atoms with Crippen molar-refractivity contribution in [3.05, 3.63) is 59.7 Å². The third-order valence-corrected chi connectivity index (χ3v) is 2.97. The summed E-state index contributed by atoms with van der Waals surface area (Å²) in [5.41, 5.74) is -0.743. The van der Waals surface area contributed by atoms with Gasteiger partial charge in [-0.2, -0.15) is 13.2 Å². The van der Waals surface area contributed by atoms with E-state index in [4.69, 9.17) is 0 Å². The van der Waals surface area contributed by atoms with Crippen LogP contribution in [0.4, 0.5) is 32.0 Å². The maximum absolute atomic E-state index is 12.6. The molecule has 0 fully saturated rings. The lowest BCUT2D eigenvalue weighted by Crippen LogP contribution is -2.18. The molecule has 0 aliphatic rings. The monoisotopic (exact) mass is 363 g/mol. The maximum atomic E-state index is 12.6. The number of rotatable bonds is 4. The van der Waals surface area contributed by atoms with E-state index in [0.29, 0.717) is 0 Å². The third kappa shape index (κ3) is 6.02. The molecule has 0 aliphatic carbocycles. The number of hydrogen-bond acceptors (Lipinski definition) is 2. The average Bonchev–Trinajstić information content (AvgIpc) is 2.45. The Labute approximate surface area is 138 Å². The standard InChI is InChI=1S/C16H11F6NO2/c17-15(18,19)11-4-1-3-10(7-11)8-14(24)23-12-5-2-6-13(9-12)25-16(20,21)22/h1-7,9H,8H2,(H,23,24). The minimum atomic E-state index is -4.87. The molecule has 0 saturated carbocycles. The highest BCUT2D eigenvalue weighted by atomic mass is 19.4. The van der Waals surface area contributed by atoms with Gasteiger partial charge in [0, 0.05) is 11.8 Å². The Kier molecular flexibility index (Phi) is 5.24. The van der Waals surface area contributed by atoms with Crippen molar-refractivity contribution in [1.82, 2.24) is 0 Å². The van der Waals surface area contributed by atoms with Crippen LogP contribution in [-0.2, 0) is 17.4 Å². The summed E-state index contributed by atoms with van der Waals surface area (Å²) >= 11 is 0. The molecule has 0 saturated heterocycles. The van der Waals surface area contributed by atoms with Gasteiger partial charge in [-0.1, -0.05) is 24.3 Å². The Morgan fingerprint density at radius 3 is 2.28 bits per heavy atom. The summed E-state index contributed by atoms with van der Waals surface area (Å²) in [6.45, 7) is 0. The summed E-state index contributed by atoms with van der Waals surface area (Å²) < 4.78 is 78.1. The molecule has 9 heteroatoms. The molecule has 134 valence electrons. The van der Waals surface area contributed by atoms with Crippen LogP contribution in [0.2, 0.25) is 0 Å². The highest BCUT2D eigenvalue weighted by Gasteiger charge is 2.31. The molecule has 2 aromatic carbocycles. The summed E-state index contributed by atoms with van der Waals surface area (Å²) in [5.74, 6) is -1.20. The molecular weight excluding hydrogens is 352 g/mol. The van der Waals surface area contributed by atoms with Crippen LogP contribution >= 0.6 is 0 Å². The first-order valence-corrected chi connectivity index (χ1v) is 6.85. The maximum Gasteiger partial charge on any atom is 0.573 e. The molecule has 1 N–H and O–H groups in total. The lowest BCUT2D eigenvalue weighted by atomic mass is 10.1. The van der Waals surface area contributed by atoms with Crippen LogP contribution in [0.15, 0.2) is 48.5 Å². The van der Waals surface area contributed by atoms with Gasteiger partial charge in [0.2, 0.25) is 5.91 Å². The van der Waals surface area contributed by atoms with Crippen molar-refractivity contribution < 1.29 is 35.9 Å². The number of nitrogens with one attached hydrogen (secondary N) is 1. The predicted octanol–water partition coefficient (Wildman–Crippen LogP) is 4.79. The van der Waals surface area contributed by atoms with E-state index in [1.165, 1.54) is 24.3 Å². The molecule has 0 heterocycles. The van der Waals surface area contributed by atoms with Gasteiger partial charge in [-0.3, -0.25) is 4.79 Å². The normalized spacial score (nSPS) is 11.9. The largest absolute Gasteiger partial charge is 0.573 e. The zero-order valence-electron chi connectivity index (χ0n) is 12.4. The second-order valence-electron chi connectivity index (χ2n) is 5.00. The Morgan fingerprint density at radius 2 is 1.64 bits per heavy atom. The molecule has 3 nitrogen and oxygen atoms in total. The van der Waals surface area contributed by atoms with Gasteiger partial charge in [-0.05, 0) is 23.8 Å². The molecule has 0 radical (unpaired) electrons. The summed E-state index contributed by atoms with van der Waals surface area (Å²) in [7, 11) is 0. The number of amides is 1. The Morgan fingerprint density at radius 1 is 0.960 bits per heavy atom. The summed E-state index contributed by atoms with van der Waals surface area (Å²) in [5, 5.41) is 2.31. The molecule has 0 aliphatic heterocycles. The van der Waals surface area contributed by atoms with E-state index in [1.807, 2.05) is 0 Å². The Balaban J connectivity index is 2.05. The number of carbonyl (C=O) groups excluding carboxylic acids is 1. The molecule has 0 bridgehead atoms. The smallest absolute Gasteiger partial charge is 0.406 e. The molecule has 0 unspecified atom stereocenters. The van der Waals surface area contributed by atoms with Crippen LogP contribution in [0.5, 0.6) is 5.75 Å². The first-order chi connectivity index (χ1) is 11.5. The molecule has 0 atom stereocenters. The zero-order chi connectivity index (χ0) is 18.7. The fourth-order valence-electron chi connectivity index (χ4n) is 2.02. The number of halogens is 6. The van der Waals surface area contributed by atoms with Gasteiger partial charge in [-0.25, -0.2) is 0 Å². The number of hydrogen-bond donors (Lipinski definition) is 1. The fraction of sp³-hybridized carbons (Fsp3) is 0.188. The highest BCUT2D eigenvalue weighted by Crippen LogP contribution is 2.30. The second kappa shape index (κ2) is 7.04. The van der Waals surface area contributed by atoms with Crippen LogP contribution in [0.25, 0.3) is 0 Å². The van der Waals surface area contributed by atoms with E-state index in [9.17, 15) is 31.1 Å². The van der Waals surface area contributed by atoms with E-state index < -0.39 is 29.8 Å². The van der Waals surface area contributed by atoms with Gasteiger partial charge in [0.05, 0.1) is 12.0 Å². The molecule has 2 rings (SSSR count). The highest BCUT2D eigenvalue weighted by molar-refractivity contribution is 5.92. The second-order valence-corrected chi connectivity index (χ2v) is 5.00. The van der Waals surface area contributed by atoms with Gasteiger partial charge < -0.3 is 10.1 Å². The summed E-state index contributed by atoms with van der Waals surface area (Å²) in [6, 6.07) is 8.80. The lowest BCUT2D eigenvalue weighted by molar-refractivity contribution is -0.274. The molecule has 25 heavy (non-hydrogen) atoms. The zero-order valence-corrected chi connectivity index (χ0v) is 12.4. The molecule has 0 spiro atoms. The van der Waals surface area contributed by atoms with Gasteiger partial charge in [0.25, 0.3) is 0 Å². The minimum absolute atomic E-state index is 0.0266. The van der Waals surface area contributed by atoms with E-state index >= 15 is 0 Å². The van der Waals surface area contributed by atoms with Crippen molar-refractivity contribution in [3.63, 3.8) is 0 Å². The predicted molar refractivity (Wildman–Crippen MR) is 76.9 cm³/mol. The first-order valence-electron chi connectivity index (χ1n) is 6.85. The van der Waals surface area contributed by atoms with Gasteiger partial charge in [0.1, 0.15) is 5.75 Å². The first kappa shape index (κ1) is 18.6. The molecule has 2 aromatic rings. The fourth-order valence-corrected chi connectivity index (χ4v) is 2.02. The topological polar surface area (TPSA) is 38.3 Å². The van der Waals surface area contributed by atoms with E-state index in [2.05, 4.69) is 10.1 Å². The van der Waals surface area contributed by atoms with E-state index in [0.717, 1.165) is 24.3 Å². The van der Waals surface area contributed by atoms with Crippen LogP contribution in [0, 0.1) is 0 Å². The van der Waals surface area contributed by atoms with Crippen molar-refractivity contribution in [3.8, 4) is 5.75 Å². The van der Waals surface area contributed by atoms with Crippen LogP contribution < -0.4 is 10.1 Å². The van der Waals surface area contributed by atoms with Gasteiger partial charge in [-0.15, -0.1) is 13.2 Å². The van der Waals surface area contributed by atoms with Crippen molar-refractivity contribution in [2.24, 2.45) is 0 Å². The number of alkyl halides is 6. The van der Waals surface area contributed by atoms with Crippen molar-refractivity contribution >= 4 is 11.6 Å². The molecule has 1 amide bonds. The average molecular weight is 363 g/mol. The quantitative estimate of drug-likeness (QED) is 0.794. The third-order valence-electron chi connectivity index (χ3n) is 2.97. The van der Waals surface area contributed by atoms with E-state index in [-0.39, 0.29) is 17.7 Å². The van der Waals surface area contributed by atoms with Crippen molar-refractivity contribution in [1.29, 1.82) is 0 Å². The molecule has 0 aromatic heterocycles. The number of benzene rings is 2. The molecular formula is C16H11F6NO2. The number of carbonyl (C=O) groups is 1. The Bertz CT molecular complexity index is 755. The summed E-state index contributed by atoms with van der Waals surface area (Å²) in [6.07, 6.45) is -9.77. The SMILES string of the molecule is O=C(Cc1cccc(C(F)(F)F)c1)Nc1cccc(OC(F)(F)F)c1. The van der Waals surface area contributed by atoms with Gasteiger partial charge in [0.15, 0.2) is 0 Å². The van der Waals surface area contributed by atoms with Crippen molar-refractivity contribution in [2.75, 3.05) is 5.32 Å². The van der Waals surface area contributed by atoms with E-state index in [1.54, 1.807) is 0 Å². The minimum Gasteiger partial charge on any atom is -0.406 e. The van der Waals surface area contributed by atoms with Gasteiger partial charge >= 0.3 is 12.5 Å². The Hall–Kier alpha value is -2.71. The van der Waals surface area contributed by atoms with Crippen LogP contribution in [0.1, 0.15) is 11.1 Å². The van der Waals surface area contributed by atoms with Crippen molar-refractivity contribution in [2.45, 2.75) is 19.0 Å². The number of anilines is 1. The number of ether oxygens (including phenoxy) is 1. The lowest BCUT2D eigenvalue weighted by Gasteiger charge is -2.11. The van der Waals surface area contributed by atoms with Crippen LogP contribution in [-0.4, -0.2) is 12.3 Å². The summed E-state index contributed by atoms with van der Waals surface area (Å²) in [4.78, 5) is 11.9.